The fourth-order valence-corrected chi connectivity index (χ4v) is 2.34. The van der Waals surface area contributed by atoms with Crippen LogP contribution in [-0.4, -0.2) is 16.7 Å². The summed E-state index contributed by atoms with van der Waals surface area (Å²) in [5.41, 5.74) is 1.61. The Labute approximate surface area is 116 Å². The first-order valence-electron chi connectivity index (χ1n) is 6.14. The lowest BCUT2D eigenvalue weighted by Gasteiger charge is -2.14. The van der Waals surface area contributed by atoms with Crippen LogP contribution in [-0.2, 0) is 13.2 Å². The maximum Gasteiger partial charge on any atom is 0.167 e. The van der Waals surface area contributed by atoms with Crippen molar-refractivity contribution in [3.05, 3.63) is 39.8 Å². The summed E-state index contributed by atoms with van der Waals surface area (Å²) in [6.07, 6.45) is 0. The first-order chi connectivity index (χ1) is 9.24. The van der Waals surface area contributed by atoms with E-state index in [2.05, 4.69) is 4.98 Å². The molecule has 0 unspecified atom stereocenters. The van der Waals surface area contributed by atoms with Crippen LogP contribution in [0.15, 0.2) is 23.6 Å². The SMILES string of the molecule is CCOc1cccc(CO)c1OCc1csc(C)n1. The summed E-state index contributed by atoms with van der Waals surface area (Å²) < 4.78 is 11.3. The third kappa shape index (κ3) is 3.45. The highest BCUT2D eigenvalue weighted by Crippen LogP contribution is 2.32. The molecule has 0 radical (unpaired) electrons. The minimum atomic E-state index is -0.0770. The van der Waals surface area contributed by atoms with E-state index in [9.17, 15) is 5.11 Å². The summed E-state index contributed by atoms with van der Waals surface area (Å²) >= 11 is 1.59. The van der Waals surface area contributed by atoms with E-state index in [-0.39, 0.29) is 6.61 Å². The predicted molar refractivity (Wildman–Crippen MR) is 74.7 cm³/mol. The summed E-state index contributed by atoms with van der Waals surface area (Å²) in [5, 5.41) is 12.3. The third-order valence-electron chi connectivity index (χ3n) is 2.56. The van der Waals surface area contributed by atoms with E-state index in [4.69, 9.17) is 9.47 Å². The van der Waals surface area contributed by atoms with Gasteiger partial charge in [0.2, 0.25) is 0 Å². The van der Waals surface area contributed by atoms with Gasteiger partial charge in [0.15, 0.2) is 11.5 Å². The maximum absolute atomic E-state index is 9.36. The van der Waals surface area contributed by atoms with E-state index in [1.54, 1.807) is 11.3 Å². The van der Waals surface area contributed by atoms with Crippen LogP contribution in [0.1, 0.15) is 23.2 Å². The van der Waals surface area contributed by atoms with Crippen LogP contribution < -0.4 is 9.47 Å². The lowest BCUT2D eigenvalue weighted by molar-refractivity contribution is 0.242. The van der Waals surface area contributed by atoms with Crippen molar-refractivity contribution in [3.8, 4) is 11.5 Å². The Balaban J connectivity index is 2.17. The van der Waals surface area contributed by atoms with Crippen molar-refractivity contribution in [1.82, 2.24) is 4.98 Å². The highest BCUT2D eigenvalue weighted by Gasteiger charge is 2.11. The molecule has 5 heteroatoms. The Morgan fingerprint density at radius 1 is 1.32 bits per heavy atom. The molecule has 0 spiro atoms. The second-order valence-electron chi connectivity index (χ2n) is 3.98. The normalized spacial score (nSPS) is 10.5. The quantitative estimate of drug-likeness (QED) is 0.883. The van der Waals surface area contributed by atoms with Gasteiger partial charge in [-0.1, -0.05) is 12.1 Å². The maximum atomic E-state index is 9.36. The summed E-state index contributed by atoms with van der Waals surface area (Å²) in [6, 6.07) is 5.50. The van der Waals surface area contributed by atoms with Crippen molar-refractivity contribution in [3.63, 3.8) is 0 Å². The molecule has 1 aromatic heterocycles. The van der Waals surface area contributed by atoms with Crippen LogP contribution >= 0.6 is 11.3 Å². The van der Waals surface area contributed by atoms with Gasteiger partial charge >= 0.3 is 0 Å². The molecular weight excluding hydrogens is 262 g/mol. The van der Waals surface area contributed by atoms with Crippen LogP contribution in [0.3, 0.4) is 0 Å². The fraction of sp³-hybridized carbons (Fsp3) is 0.357. The summed E-state index contributed by atoms with van der Waals surface area (Å²) in [7, 11) is 0. The average molecular weight is 279 g/mol. The zero-order valence-electron chi connectivity index (χ0n) is 11.0. The van der Waals surface area contributed by atoms with Crippen LogP contribution in [0.4, 0.5) is 0 Å². The largest absolute Gasteiger partial charge is 0.490 e. The van der Waals surface area contributed by atoms with Gasteiger partial charge in [-0.2, -0.15) is 0 Å². The number of aliphatic hydroxyl groups excluding tert-OH is 1. The Morgan fingerprint density at radius 2 is 2.16 bits per heavy atom. The molecule has 2 rings (SSSR count). The van der Waals surface area contributed by atoms with E-state index in [0.29, 0.717) is 24.7 Å². The third-order valence-corrected chi connectivity index (χ3v) is 3.38. The van der Waals surface area contributed by atoms with Gasteiger partial charge < -0.3 is 14.6 Å². The molecule has 0 fully saturated rings. The van der Waals surface area contributed by atoms with Crippen molar-refractivity contribution < 1.29 is 14.6 Å². The van der Waals surface area contributed by atoms with Crippen LogP contribution in [0.5, 0.6) is 11.5 Å². The molecule has 1 N–H and O–H groups in total. The molecule has 19 heavy (non-hydrogen) atoms. The number of aryl methyl sites for hydroxylation is 1. The zero-order chi connectivity index (χ0) is 13.7. The van der Waals surface area contributed by atoms with Crippen molar-refractivity contribution >= 4 is 11.3 Å². The molecule has 0 aliphatic rings. The number of para-hydroxylation sites is 1. The standard InChI is InChI=1S/C14H17NO3S/c1-3-17-13-6-4-5-11(7-16)14(13)18-8-12-9-19-10(2)15-12/h4-6,9,16H,3,7-8H2,1-2H3. The van der Waals surface area contributed by atoms with Gasteiger partial charge in [-0.3, -0.25) is 0 Å². The summed E-state index contributed by atoms with van der Waals surface area (Å²) in [4.78, 5) is 4.35. The molecule has 102 valence electrons. The highest BCUT2D eigenvalue weighted by molar-refractivity contribution is 7.09. The Kier molecular flexibility index (Phi) is 4.76. The minimum absolute atomic E-state index is 0.0770. The molecule has 0 amide bonds. The zero-order valence-corrected chi connectivity index (χ0v) is 11.9. The predicted octanol–water partition coefficient (Wildman–Crippen LogP) is 2.92. The van der Waals surface area contributed by atoms with Crippen molar-refractivity contribution in [2.45, 2.75) is 27.1 Å². The van der Waals surface area contributed by atoms with E-state index in [0.717, 1.165) is 16.3 Å². The molecule has 0 bridgehead atoms. The molecular formula is C14H17NO3S. The molecule has 0 aliphatic carbocycles. The van der Waals surface area contributed by atoms with Gasteiger partial charge in [-0.25, -0.2) is 4.98 Å². The van der Waals surface area contributed by atoms with Gasteiger partial charge in [0.05, 0.1) is 23.9 Å². The summed E-state index contributed by atoms with van der Waals surface area (Å²) in [5.74, 6) is 1.25. The number of aromatic nitrogens is 1. The molecule has 4 nitrogen and oxygen atoms in total. The van der Waals surface area contributed by atoms with Gasteiger partial charge in [0, 0.05) is 10.9 Å². The fourth-order valence-electron chi connectivity index (χ4n) is 1.74. The van der Waals surface area contributed by atoms with Gasteiger partial charge in [0.1, 0.15) is 6.61 Å². The Bertz CT molecular complexity index is 539. The van der Waals surface area contributed by atoms with E-state index >= 15 is 0 Å². The summed E-state index contributed by atoms with van der Waals surface area (Å²) in [6.45, 7) is 4.73. The molecule has 1 heterocycles. The number of thiazole rings is 1. The molecule has 0 atom stereocenters. The molecule has 0 aliphatic heterocycles. The molecule has 0 saturated carbocycles. The molecule has 0 saturated heterocycles. The van der Waals surface area contributed by atoms with Gasteiger partial charge in [-0.05, 0) is 19.9 Å². The van der Waals surface area contributed by atoms with Crippen molar-refractivity contribution in [2.24, 2.45) is 0 Å². The number of aliphatic hydroxyl groups is 1. The second kappa shape index (κ2) is 6.54. The lowest BCUT2D eigenvalue weighted by atomic mass is 10.2. The van der Waals surface area contributed by atoms with Crippen LogP contribution in [0.25, 0.3) is 0 Å². The first-order valence-corrected chi connectivity index (χ1v) is 7.02. The number of hydrogen-bond acceptors (Lipinski definition) is 5. The number of hydrogen-bond donors (Lipinski definition) is 1. The number of rotatable bonds is 6. The van der Waals surface area contributed by atoms with Crippen LogP contribution in [0, 0.1) is 6.92 Å². The molecule has 2 aromatic rings. The lowest BCUT2D eigenvalue weighted by Crippen LogP contribution is -2.03. The number of ether oxygens (including phenoxy) is 2. The second-order valence-corrected chi connectivity index (χ2v) is 5.04. The minimum Gasteiger partial charge on any atom is -0.490 e. The topological polar surface area (TPSA) is 51.6 Å². The molecule has 1 aromatic carbocycles. The number of benzene rings is 1. The van der Waals surface area contributed by atoms with E-state index in [1.807, 2.05) is 37.4 Å². The van der Waals surface area contributed by atoms with Crippen molar-refractivity contribution in [2.75, 3.05) is 6.61 Å². The monoisotopic (exact) mass is 279 g/mol. The van der Waals surface area contributed by atoms with Gasteiger partial charge in [-0.15, -0.1) is 11.3 Å². The Hall–Kier alpha value is -1.59. The van der Waals surface area contributed by atoms with Crippen molar-refractivity contribution in [1.29, 1.82) is 0 Å². The van der Waals surface area contributed by atoms with Crippen LogP contribution in [0.2, 0.25) is 0 Å². The Morgan fingerprint density at radius 3 is 2.79 bits per heavy atom. The number of nitrogens with zero attached hydrogens (tertiary/aromatic N) is 1. The van der Waals surface area contributed by atoms with E-state index < -0.39 is 0 Å². The highest BCUT2D eigenvalue weighted by atomic mass is 32.1. The first kappa shape index (κ1) is 13.8. The smallest absolute Gasteiger partial charge is 0.167 e. The average Bonchev–Trinajstić information content (AvgIpc) is 2.83. The van der Waals surface area contributed by atoms with Gasteiger partial charge in [0.25, 0.3) is 0 Å². The van der Waals surface area contributed by atoms with E-state index in [1.165, 1.54) is 0 Å².